The Balaban J connectivity index is 2.34. The molecule has 1 atom stereocenters. The molecule has 3 nitrogen and oxygen atoms in total. The maximum Gasteiger partial charge on any atom is 0.126 e. The molecule has 0 spiro atoms. The molecule has 2 heterocycles. The minimum Gasteiger partial charge on any atom is -0.367 e. The van der Waals surface area contributed by atoms with Gasteiger partial charge in [0.25, 0.3) is 0 Å². The quantitative estimate of drug-likeness (QED) is 0.618. The normalized spacial score (nSPS) is 27.9. The van der Waals surface area contributed by atoms with Crippen molar-refractivity contribution < 1.29 is 0 Å². The van der Waals surface area contributed by atoms with Crippen LogP contribution in [0.4, 0.5) is 0 Å². The van der Waals surface area contributed by atoms with Gasteiger partial charge in [0.05, 0.1) is 6.34 Å². The van der Waals surface area contributed by atoms with Gasteiger partial charge in [-0.2, -0.15) is 0 Å². The van der Waals surface area contributed by atoms with E-state index < -0.39 is 0 Å². The van der Waals surface area contributed by atoms with Gasteiger partial charge in [-0.25, -0.2) is 4.99 Å². The Kier molecular flexibility index (Phi) is 1.40. The number of aliphatic imine (C=N–C) groups is 1. The smallest absolute Gasteiger partial charge is 0.126 e. The first-order chi connectivity index (χ1) is 4.88. The van der Waals surface area contributed by atoms with Crippen molar-refractivity contribution in [2.45, 2.75) is 6.17 Å². The van der Waals surface area contributed by atoms with Crippen LogP contribution in [0.5, 0.6) is 0 Å². The minimum absolute atomic E-state index is 0.254. The van der Waals surface area contributed by atoms with Crippen LogP contribution in [0.2, 0.25) is 0 Å². The van der Waals surface area contributed by atoms with E-state index in [1.54, 1.807) is 6.34 Å². The molecule has 10 heavy (non-hydrogen) atoms. The second-order valence-corrected chi connectivity index (χ2v) is 3.28. The average molecular weight is 247 g/mol. The molecule has 0 aromatic heterocycles. The Morgan fingerprint density at radius 1 is 1.50 bits per heavy atom. The third-order valence-corrected chi connectivity index (χ3v) is 2.43. The fourth-order valence-corrected chi connectivity index (χ4v) is 1.61. The average Bonchev–Trinajstić information content (AvgIpc) is 2.34. The van der Waals surface area contributed by atoms with Gasteiger partial charge in [-0.1, -0.05) is 0 Å². The molecule has 0 aromatic carbocycles. The van der Waals surface area contributed by atoms with Crippen LogP contribution in [0.1, 0.15) is 0 Å². The van der Waals surface area contributed by atoms with Crippen LogP contribution in [-0.2, 0) is 0 Å². The van der Waals surface area contributed by atoms with Gasteiger partial charge in [0.1, 0.15) is 6.17 Å². The zero-order chi connectivity index (χ0) is 6.97. The highest BCUT2D eigenvalue weighted by atomic mass is 127. The first-order valence-corrected chi connectivity index (χ1v) is 4.05. The molecule has 0 bridgehead atoms. The summed E-state index contributed by atoms with van der Waals surface area (Å²) < 4.78 is 1.23. The Hall–Kier alpha value is -0.520. The third kappa shape index (κ3) is 0.828. The molecule has 52 valence electrons. The fraction of sp³-hybridized carbons (Fsp3) is 0.167. The molecule has 2 N–H and O–H groups in total. The molecule has 0 saturated heterocycles. The number of nitrogens with zero attached hydrogens (tertiary/aromatic N) is 1. The van der Waals surface area contributed by atoms with Crippen molar-refractivity contribution in [3.8, 4) is 0 Å². The topological polar surface area (TPSA) is 36.4 Å². The van der Waals surface area contributed by atoms with Crippen LogP contribution >= 0.6 is 22.6 Å². The number of halogens is 1. The van der Waals surface area contributed by atoms with E-state index in [9.17, 15) is 0 Å². The van der Waals surface area contributed by atoms with E-state index in [-0.39, 0.29) is 6.17 Å². The zero-order valence-corrected chi connectivity index (χ0v) is 7.29. The second-order valence-electron chi connectivity index (χ2n) is 2.12. The summed E-state index contributed by atoms with van der Waals surface area (Å²) in [5, 5.41) is 6.25. The van der Waals surface area contributed by atoms with Gasteiger partial charge in [0.2, 0.25) is 0 Å². The number of rotatable bonds is 0. The molecule has 2 aliphatic heterocycles. The Labute approximate surface area is 72.4 Å². The molecular formula is C6H6IN3. The lowest BCUT2D eigenvalue weighted by atomic mass is 10.2. The summed E-state index contributed by atoms with van der Waals surface area (Å²) >= 11 is 2.28. The Morgan fingerprint density at radius 2 is 2.40 bits per heavy atom. The molecule has 2 aliphatic rings. The van der Waals surface area contributed by atoms with Crippen molar-refractivity contribution in [1.82, 2.24) is 10.6 Å². The van der Waals surface area contributed by atoms with Crippen LogP contribution in [0.15, 0.2) is 26.5 Å². The molecule has 0 saturated carbocycles. The van der Waals surface area contributed by atoms with Crippen molar-refractivity contribution in [3.63, 3.8) is 0 Å². The lowest BCUT2D eigenvalue weighted by Crippen LogP contribution is -2.38. The van der Waals surface area contributed by atoms with Crippen molar-refractivity contribution in [1.29, 1.82) is 0 Å². The monoisotopic (exact) mass is 247 g/mol. The third-order valence-electron chi connectivity index (χ3n) is 1.49. The SMILES string of the molecule is IC1=CNC2NC=NC=C12. The summed E-state index contributed by atoms with van der Waals surface area (Å²) in [7, 11) is 0. The number of nitrogens with one attached hydrogen (secondary N) is 2. The number of hydrogen-bond acceptors (Lipinski definition) is 3. The van der Waals surface area contributed by atoms with Gasteiger partial charge in [-0.05, 0) is 22.6 Å². The highest BCUT2D eigenvalue weighted by Crippen LogP contribution is 2.25. The summed E-state index contributed by atoms with van der Waals surface area (Å²) in [6.07, 6.45) is 5.81. The fourth-order valence-electron chi connectivity index (χ4n) is 0.977. The zero-order valence-electron chi connectivity index (χ0n) is 5.13. The van der Waals surface area contributed by atoms with E-state index >= 15 is 0 Å². The van der Waals surface area contributed by atoms with E-state index in [2.05, 4.69) is 38.2 Å². The lowest BCUT2D eigenvalue weighted by molar-refractivity contribution is 0.663. The van der Waals surface area contributed by atoms with Crippen molar-refractivity contribution in [2.75, 3.05) is 0 Å². The van der Waals surface area contributed by atoms with Crippen LogP contribution in [0.3, 0.4) is 0 Å². The standard InChI is InChI=1S/C6H6IN3/c7-5-2-9-6-4(5)1-8-3-10-6/h1-3,6,9H,(H,8,10). The summed E-state index contributed by atoms with van der Waals surface area (Å²) in [5.41, 5.74) is 1.23. The lowest BCUT2D eigenvalue weighted by Gasteiger charge is -2.15. The molecule has 2 rings (SSSR count). The van der Waals surface area contributed by atoms with Crippen LogP contribution in [0.25, 0.3) is 0 Å². The van der Waals surface area contributed by atoms with Crippen LogP contribution in [0, 0.1) is 0 Å². The van der Waals surface area contributed by atoms with Crippen molar-refractivity contribution in [2.24, 2.45) is 4.99 Å². The van der Waals surface area contributed by atoms with Gasteiger partial charge in [-0.15, -0.1) is 0 Å². The highest BCUT2D eigenvalue weighted by Gasteiger charge is 2.21. The number of hydrogen-bond donors (Lipinski definition) is 2. The Morgan fingerprint density at radius 3 is 3.20 bits per heavy atom. The van der Waals surface area contributed by atoms with E-state index in [0.29, 0.717) is 0 Å². The number of fused-ring (bicyclic) bond motifs is 1. The van der Waals surface area contributed by atoms with Gasteiger partial charge < -0.3 is 10.6 Å². The molecular weight excluding hydrogens is 241 g/mol. The Bertz CT molecular complexity index is 241. The molecule has 0 aromatic rings. The van der Waals surface area contributed by atoms with Gasteiger partial charge in [-0.3, -0.25) is 0 Å². The van der Waals surface area contributed by atoms with E-state index in [4.69, 9.17) is 0 Å². The molecule has 0 amide bonds. The van der Waals surface area contributed by atoms with E-state index in [1.165, 1.54) is 9.15 Å². The molecule has 0 fully saturated rings. The van der Waals surface area contributed by atoms with Crippen LogP contribution < -0.4 is 10.6 Å². The van der Waals surface area contributed by atoms with Gasteiger partial charge in [0, 0.05) is 21.6 Å². The minimum atomic E-state index is 0.254. The van der Waals surface area contributed by atoms with Gasteiger partial charge in [0.15, 0.2) is 0 Å². The van der Waals surface area contributed by atoms with Crippen molar-refractivity contribution >= 4 is 28.9 Å². The summed E-state index contributed by atoms with van der Waals surface area (Å²) in [6, 6.07) is 0. The summed E-state index contributed by atoms with van der Waals surface area (Å²) in [6.45, 7) is 0. The molecule has 0 radical (unpaired) electrons. The molecule has 1 unspecified atom stereocenters. The van der Waals surface area contributed by atoms with Gasteiger partial charge >= 0.3 is 0 Å². The summed E-state index contributed by atoms with van der Waals surface area (Å²) in [5.74, 6) is 0. The molecule has 0 aliphatic carbocycles. The highest BCUT2D eigenvalue weighted by molar-refractivity contribution is 14.1. The molecule has 4 heteroatoms. The summed E-state index contributed by atoms with van der Waals surface area (Å²) in [4.78, 5) is 3.99. The first-order valence-electron chi connectivity index (χ1n) is 2.98. The predicted octanol–water partition coefficient (Wildman–Crippen LogP) is 0.707. The maximum absolute atomic E-state index is 3.99. The van der Waals surface area contributed by atoms with E-state index in [0.717, 1.165) is 0 Å². The van der Waals surface area contributed by atoms with Crippen molar-refractivity contribution in [3.05, 3.63) is 21.6 Å². The van der Waals surface area contributed by atoms with E-state index in [1.807, 2.05) is 12.4 Å². The second kappa shape index (κ2) is 2.26. The first kappa shape index (κ1) is 6.21. The maximum atomic E-state index is 3.99. The predicted molar refractivity (Wildman–Crippen MR) is 48.7 cm³/mol. The largest absolute Gasteiger partial charge is 0.367 e. The van der Waals surface area contributed by atoms with Crippen LogP contribution in [-0.4, -0.2) is 12.5 Å².